The molecule has 1 N–H and O–H groups in total. The molecule has 4 nitrogen and oxygen atoms in total. The summed E-state index contributed by atoms with van der Waals surface area (Å²) >= 11 is 0. The number of H-pyrrole nitrogens is 1. The fraction of sp³-hybridized carbons (Fsp3) is 0. The maximum Gasteiger partial charge on any atom is 0.210 e. The summed E-state index contributed by atoms with van der Waals surface area (Å²) in [6.07, 6.45) is 1.56. The first-order valence-electron chi connectivity index (χ1n) is 9.02. The summed E-state index contributed by atoms with van der Waals surface area (Å²) in [7, 11) is -4.11. The summed E-state index contributed by atoms with van der Waals surface area (Å²) in [6.45, 7) is 0. The van der Waals surface area contributed by atoms with E-state index in [9.17, 15) is 8.42 Å². The molecule has 142 valence electrons. The van der Waals surface area contributed by atoms with Gasteiger partial charge in [0, 0.05) is 28.0 Å². The summed E-state index contributed by atoms with van der Waals surface area (Å²) in [5.41, 5.74) is 1.97. The molecule has 0 aliphatic carbocycles. The Balaban J connectivity index is 1.97. The molecule has 0 aliphatic heterocycles. The Hall–Kier alpha value is -3.51. The van der Waals surface area contributed by atoms with Crippen LogP contribution in [-0.2, 0) is 9.84 Å². The smallest absolute Gasteiger partial charge is 0.210 e. The highest BCUT2D eigenvalue weighted by molar-refractivity contribution is 7.91. The van der Waals surface area contributed by atoms with Crippen molar-refractivity contribution >= 4 is 31.6 Å². The van der Waals surface area contributed by atoms with Crippen LogP contribution in [0.15, 0.2) is 94.9 Å². The van der Waals surface area contributed by atoms with Crippen molar-refractivity contribution in [3.8, 4) is 11.3 Å². The Labute approximate surface area is 166 Å². The van der Waals surface area contributed by atoms with Gasteiger partial charge < -0.3 is 4.98 Å². The lowest BCUT2D eigenvalue weighted by atomic mass is 10.1. The van der Waals surface area contributed by atoms with E-state index in [1.165, 1.54) is 18.2 Å². The van der Waals surface area contributed by atoms with Crippen molar-refractivity contribution in [3.05, 3.63) is 90.9 Å². The molecule has 5 aromatic rings. The standard InChI is InChI=1S/C23H15FN2O2S/c24-18-14-17-16-10-4-5-11-19(16)26-22(17)21(20-12-6-7-13-25-20)23(18)29(27,28)15-8-2-1-3-9-15/h1-14,26H. The predicted octanol–water partition coefficient (Wildman–Crippen LogP) is 5.36. The second kappa shape index (κ2) is 6.53. The number of aromatic nitrogens is 2. The third-order valence-electron chi connectivity index (χ3n) is 4.95. The number of aromatic amines is 1. The molecule has 2 heterocycles. The summed E-state index contributed by atoms with van der Waals surface area (Å²) in [5.74, 6) is -0.799. The van der Waals surface area contributed by atoms with Gasteiger partial charge in [-0.15, -0.1) is 0 Å². The Bertz CT molecular complexity index is 1460. The number of hydrogen-bond acceptors (Lipinski definition) is 3. The zero-order valence-corrected chi connectivity index (χ0v) is 15.9. The first-order valence-corrected chi connectivity index (χ1v) is 10.5. The monoisotopic (exact) mass is 402 g/mol. The number of sulfone groups is 1. The van der Waals surface area contributed by atoms with Gasteiger partial charge in [-0.3, -0.25) is 4.98 Å². The minimum atomic E-state index is -4.11. The Morgan fingerprint density at radius 2 is 1.55 bits per heavy atom. The van der Waals surface area contributed by atoms with Gasteiger partial charge in [0.15, 0.2) is 0 Å². The van der Waals surface area contributed by atoms with Crippen molar-refractivity contribution in [3.63, 3.8) is 0 Å². The third kappa shape index (κ3) is 2.72. The largest absolute Gasteiger partial charge is 0.354 e. The SMILES string of the molecule is O=S(=O)(c1ccccc1)c1c(F)cc2c([nH]c3ccccc32)c1-c1ccccn1. The fourth-order valence-corrected chi connectivity index (χ4v) is 5.21. The molecule has 0 saturated heterocycles. The minimum absolute atomic E-state index is 0.0338. The van der Waals surface area contributed by atoms with Gasteiger partial charge in [-0.1, -0.05) is 42.5 Å². The van der Waals surface area contributed by atoms with E-state index in [-0.39, 0.29) is 15.4 Å². The van der Waals surface area contributed by atoms with E-state index >= 15 is 4.39 Å². The molecule has 3 aromatic carbocycles. The predicted molar refractivity (Wildman–Crippen MR) is 111 cm³/mol. The van der Waals surface area contributed by atoms with Gasteiger partial charge in [0.05, 0.1) is 16.1 Å². The second-order valence-corrected chi connectivity index (χ2v) is 8.57. The number of pyridine rings is 1. The zero-order chi connectivity index (χ0) is 20.0. The molecule has 0 bridgehead atoms. The Kier molecular flexibility index (Phi) is 3.96. The third-order valence-corrected chi connectivity index (χ3v) is 6.78. The van der Waals surface area contributed by atoms with Crippen LogP contribution < -0.4 is 0 Å². The van der Waals surface area contributed by atoms with Crippen molar-refractivity contribution in [1.82, 2.24) is 9.97 Å². The van der Waals surface area contributed by atoms with E-state index in [4.69, 9.17) is 0 Å². The maximum atomic E-state index is 15.4. The van der Waals surface area contributed by atoms with E-state index in [0.717, 1.165) is 10.9 Å². The van der Waals surface area contributed by atoms with Crippen LogP contribution in [0.25, 0.3) is 33.1 Å². The average molecular weight is 402 g/mol. The van der Waals surface area contributed by atoms with Crippen LogP contribution in [0, 0.1) is 5.82 Å². The number of rotatable bonds is 3. The van der Waals surface area contributed by atoms with Crippen LogP contribution in [0.1, 0.15) is 0 Å². The molecular weight excluding hydrogens is 387 g/mol. The summed E-state index contributed by atoms with van der Waals surface area (Å²) in [6, 6.07) is 21.8. The summed E-state index contributed by atoms with van der Waals surface area (Å²) in [5, 5.41) is 1.44. The number of nitrogens with zero attached hydrogens (tertiary/aromatic N) is 1. The van der Waals surface area contributed by atoms with E-state index in [1.54, 1.807) is 42.6 Å². The van der Waals surface area contributed by atoms with Crippen LogP contribution in [-0.4, -0.2) is 18.4 Å². The molecule has 0 fully saturated rings. The van der Waals surface area contributed by atoms with E-state index in [0.29, 0.717) is 16.6 Å². The van der Waals surface area contributed by atoms with Crippen LogP contribution in [0.4, 0.5) is 4.39 Å². The second-order valence-electron chi connectivity index (χ2n) is 6.69. The van der Waals surface area contributed by atoms with Crippen molar-refractivity contribution in [2.45, 2.75) is 9.79 Å². The molecule has 0 unspecified atom stereocenters. The van der Waals surface area contributed by atoms with Gasteiger partial charge in [0.1, 0.15) is 10.7 Å². The molecule has 0 aliphatic rings. The molecule has 2 aromatic heterocycles. The molecule has 0 saturated carbocycles. The molecule has 6 heteroatoms. The fourth-order valence-electron chi connectivity index (χ4n) is 3.67. The van der Waals surface area contributed by atoms with Gasteiger partial charge in [-0.2, -0.15) is 0 Å². The quantitative estimate of drug-likeness (QED) is 0.442. The van der Waals surface area contributed by atoms with Crippen LogP contribution in [0.5, 0.6) is 0 Å². The highest BCUT2D eigenvalue weighted by Gasteiger charge is 2.29. The first-order chi connectivity index (χ1) is 14.1. The molecule has 0 amide bonds. The molecule has 5 rings (SSSR count). The number of halogens is 1. The molecule has 29 heavy (non-hydrogen) atoms. The lowest BCUT2D eigenvalue weighted by molar-refractivity contribution is 0.569. The number of nitrogens with one attached hydrogen (secondary N) is 1. The van der Waals surface area contributed by atoms with Gasteiger partial charge >= 0.3 is 0 Å². The van der Waals surface area contributed by atoms with Gasteiger partial charge in [0.25, 0.3) is 0 Å². The maximum absolute atomic E-state index is 15.4. The molecule has 0 spiro atoms. The highest BCUT2D eigenvalue weighted by atomic mass is 32.2. The molecule has 0 radical (unpaired) electrons. The van der Waals surface area contributed by atoms with E-state index in [2.05, 4.69) is 9.97 Å². The van der Waals surface area contributed by atoms with E-state index < -0.39 is 15.7 Å². The average Bonchev–Trinajstić information content (AvgIpc) is 3.12. The highest BCUT2D eigenvalue weighted by Crippen LogP contribution is 2.40. The Morgan fingerprint density at radius 1 is 0.828 bits per heavy atom. The number of benzene rings is 3. The normalized spacial score (nSPS) is 11.9. The summed E-state index contributed by atoms with van der Waals surface area (Å²) < 4.78 is 42.3. The van der Waals surface area contributed by atoms with Crippen molar-refractivity contribution in [1.29, 1.82) is 0 Å². The van der Waals surface area contributed by atoms with Crippen LogP contribution in [0.2, 0.25) is 0 Å². The molecule has 0 atom stereocenters. The number of para-hydroxylation sites is 1. The first kappa shape index (κ1) is 17.6. The van der Waals surface area contributed by atoms with Gasteiger partial charge in [-0.25, -0.2) is 12.8 Å². The van der Waals surface area contributed by atoms with Crippen LogP contribution >= 0.6 is 0 Å². The number of fused-ring (bicyclic) bond motifs is 3. The van der Waals surface area contributed by atoms with Gasteiger partial charge in [0.2, 0.25) is 9.84 Å². The van der Waals surface area contributed by atoms with E-state index in [1.807, 2.05) is 24.3 Å². The van der Waals surface area contributed by atoms with Crippen LogP contribution in [0.3, 0.4) is 0 Å². The summed E-state index contributed by atoms with van der Waals surface area (Å²) in [4.78, 5) is 7.25. The van der Waals surface area contributed by atoms with Gasteiger partial charge in [-0.05, 0) is 36.4 Å². The van der Waals surface area contributed by atoms with Crippen molar-refractivity contribution in [2.24, 2.45) is 0 Å². The van der Waals surface area contributed by atoms with Crippen molar-refractivity contribution < 1.29 is 12.8 Å². The molecular formula is C23H15FN2O2S. The number of hydrogen-bond donors (Lipinski definition) is 1. The lowest BCUT2D eigenvalue weighted by Gasteiger charge is -2.13. The zero-order valence-electron chi connectivity index (χ0n) is 15.1. The minimum Gasteiger partial charge on any atom is -0.354 e. The lowest BCUT2D eigenvalue weighted by Crippen LogP contribution is -2.08. The topological polar surface area (TPSA) is 62.8 Å². The Morgan fingerprint density at radius 3 is 2.31 bits per heavy atom. The van der Waals surface area contributed by atoms with Crippen molar-refractivity contribution in [2.75, 3.05) is 0 Å².